The Morgan fingerprint density at radius 2 is 1.89 bits per heavy atom. The maximum absolute atomic E-state index is 13.6. The Morgan fingerprint density at radius 1 is 1.17 bits per heavy atom. The molecule has 0 radical (unpaired) electrons. The quantitative estimate of drug-likeness (QED) is 0.388. The number of nitrogens with two attached hydrogens (primary N) is 1. The van der Waals surface area contributed by atoms with Gasteiger partial charge in [-0.25, -0.2) is 4.98 Å². The van der Waals surface area contributed by atoms with Crippen LogP contribution in [-0.4, -0.2) is 36.4 Å². The van der Waals surface area contributed by atoms with Crippen molar-refractivity contribution in [3.63, 3.8) is 0 Å². The number of primary amides is 1. The van der Waals surface area contributed by atoms with Gasteiger partial charge in [0.1, 0.15) is 15.4 Å². The van der Waals surface area contributed by atoms with Gasteiger partial charge in [0.25, 0.3) is 5.91 Å². The number of anilines is 1. The predicted octanol–water partition coefficient (Wildman–Crippen LogP) is 4.31. The summed E-state index contributed by atoms with van der Waals surface area (Å²) in [6, 6.07) is 0.884. The maximum Gasteiger partial charge on any atom is 0.433 e. The first kappa shape index (κ1) is 24.7. The van der Waals surface area contributed by atoms with Gasteiger partial charge in [0.2, 0.25) is 5.91 Å². The number of rotatable bonds is 6. The normalized spacial score (nSPS) is 11.9. The van der Waals surface area contributed by atoms with Gasteiger partial charge in [0.05, 0.1) is 35.3 Å². The number of nitrogens with one attached hydrogen (secondary N) is 1. The molecule has 0 atom stereocenters. The van der Waals surface area contributed by atoms with Crippen LogP contribution >= 0.6 is 22.9 Å². The van der Waals surface area contributed by atoms with Crippen molar-refractivity contribution in [2.75, 3.05) is 5.32 Å². The van der Waals surface area contributed by atoms with E-state index in [9.17, 15) is 22.8 Å². The lowest BCUT2D eigenvalue weighted by Crippen LogP contribution is -2.18. The molecule has 0 aromatic carbocycles. The van der Waals surface area contributed by atoms with Crippen LogP contribution in [0.15, 0.2) is 18.5 Å². The van der Waals surface area contributed by atoms with Gasteiger partial charge in [0, 0.05) is 30.1 Å². The summed E-state index contributed by atoms with van der Waals surface area (Å²) >= 11 is 6.67. The van der Waals surface area contributed by atoms with E-state index in [-0.39, 0.29) is 39.3 Å². The van der Waals surface area contributed by atoms with Crippen LogP contribution in [0.25, 0.3) is 21.3 Å². The molecule has 0 saturated carbocycles. The second-order valence-corrected chi connectivity index (χ2v) is 9.18. The van der Waals surface area contributed by atoms with Crippen LogP contribution in [0, 0.1) is 13.8 Å². The molecule has 3 N–H and O–H groups in total. The first-order valence-corrected chi connectivity index (χ1v) is 11.4. The van der Waals surface area contributed by atoms with E-state index in [4.69, 9.17) is 17.3 Å². The Hall–Kier alpha value is -3.45. The molecule has 9 nitrogen and oxygen atoms in total. The van der Waals surface area contributed by atoms with Gasteiger partial charge in [-0.15, -0.1) is 11.3 Å². The van der Waals surface area contributed by atoms with E-state index in [1.165, 1.54) is 17.1 Å². The third-order valence-electron chi connectivity index (χ3n) is 5.56. The fourth-order valence-corrected chi connectivity index (χ4v) is 4.72. The lowest BCUT2D eigenvalue weighted by atomic mass is 10.0. The lowest BCUT2D eigenvalue weighted by Gasteiger charge is -2.12. The first-order chi connectivity index (χ1) is 16.4. The zero-order chi connectivity index (χ0) is 25.7. The Morgan fingerprint density at radius 3 is 2.43 bits per heavy atom. The highest BCUT2D eigenvalue weighted by Crippen LogP contribution is 2.44. The molecule has 4 heterocycles. The number of alkyl halides is 3. The van der Waals surface area contributed by atoms with E-state index in [1.54, 1.807) is 25.6 Å². The average Bonchev–Trinajstić information content (AvgIpc) is 3.42. The van der Waals surface area contributed by atoms with Crippen LogP contribution in [0.5, 0.6) is 0 Å². The maximum atomic E-state index is 13.6. The number of amides is 2. The van der Waals surface area contributed by atoms with Gasteiger partial charge in [-0.2, -0.15) is 23.4 Å². The molecular weight excluding hydrogens is 507 g/mol. The molecule has 4 aromatic heterocycles. The highest BCUT2D eigenvalue weighted by molar-refractivity contribution is 7.21. The summed E-state index contributed by atoms with van der Waals surface area (Å²) < 4.78 is 43.9. The van der Waals surface area contributed by atoms with Crippen molar-refractivity contribution in [2.24, 2.45) is 12.8 Å². The number of halogens is 4. The average molecular weight is 526 g/mol. The summed E-state index contributed by atoms with van der Waals surface area (Å²) in [6.07, 6.45) is -1.90. The number of fused-ring (bicyclic) bond motifs is 1. The van der Waals surface area contributed by atoms with E-state index in [0.29, 0.717) is 33.3 Å². The number of pyridine rings is 1. The molecule has 0 aliphatic carbocycles. The molecule has 0 bridgehead atoms. The van der Waals surface area contributed by atoms with Crippen molar-refractivity contribution >= 4 is 50.7 Å². The van der Waals surface area contributed by atoms with Crippen molar-refractivity contribution in [1.82, 2.24) is 24.5 Å². The zero-order valence-electron chi connectivity index (χ0n) is 18.7. The summed E-state index contributed by atoms with van der Waals surface area (Å²) in [5.74, 6) is -1.40. The molecule has 0 fully saturated rings. The number of hydrogen-bond acceptors (Lipinski definition) is 6. The summed E-state index contributed by atoms with van der Waals surface area (Å²) in [4.78, 5) is 28.5. The number of aromatic nitrogens is 5. The lowest BCUT2D eigenvalue weighted by molar-refractivity contribution is -0.140. The van der Waals surface area contributed by atoms with Gasteiger partial charge in [-0.05, 0) is 25.5 Å². The third-order valence-corrected chi connectivity index (χ3v) is 7.03. The largest absolute Gasteiger partial charge is 0.433 e. The minimum absolute atomic E-state index is 0.0113. The molecule has 0 spiro atoms. The predicted molar refractivity (Wildman–Crippen MR) is 125 cm³/mol. The van der Waals surface area contributed by atoms with Crippen molar-refractivity contribution in [1.29, 1.82) is 0 Å². The number of thiophene rings is 1. The Balaban J connectivity index is 1.83. The smallest absolute Gasteiger partial charge is 0.365 e. The van der Waals surface area contributed by atoms with Crippen LogP contribution in [-0.2, 0) is 24.6 Å². The number of carbonyl (C=O) groups is 2. The fraction of sp³-hybridized carbons (Fsp3) is 0.286. The number of nitrogens with zero attached hydrogens (tertiary/aromatic N) is 5. The third kappa shape index (κ3) is 4.60. The van der Waals surface area contributed by atoms with Crippen molar-refractivity contribution < 1.29 is 22.8 Å². The summed E-state index contributed by atoms with van der Waals surface area (Å²) in [5.41, 5.74) is 6.18. The van der Waals surface area contributed by atoms with E-state index >= 15 is 0 Å². The van der Waals surface area contributed by atoms with Crippen LogP contribution in [0.4, 0.5) is 18.9 Å². The molecule has 0 aliphatic rings. The van der Waals surface area contributed by atoms with Crippen molar-refractivity contribution in [3.05, 3.63) is 45.4 Å². The van der Waals surface area contributed by atoms with Crippen LogP contribution in [0.3, 0.4) is 0 Å². The van der Waals surface area contributed by atoms with E-state index < -0.39 is 23.7 Å². The number of hydrogen-bond donors (Lipinski definition) is 2. The van der Waals surface area contributed by atoms with Gasteiger partial charge in [-0.1, -0.05) is 11.6 Å². The van der Waals surface area contributed by atoms with Crippen LogP contribution in [0.1, 0.15) is 33.2 Å². The van der Waals surface area contributed by atoms with Gasteiger partial charge < -0.3 is 11.1 Å². The molecule has 4 aromatic rings. The van der Waals surface area contributed by atoms with E-state index in [1.807, 2.05) is 0 Å². The SMILES string of the molecule is Cc1c(-c2cc(C(F)(F)F)nc3sc(C(N)=O)c(NC(=O)CCn4ncc(Cl)c4C)c23)cnn1C. The van der Waals surface area contributed by atoms with Gasteiger partial charge in [-0.3, -0.25) is 19.0 Å². The Kier molecular flexibility index (Phi) is 6.32. The first-order valence-electron chi connectivity index (χ1n) is 10.2. The topological polar surface area (TPSA) is 121 Å². The molecule has 2 amide bonds. The van der Waals surface area contributed by atoms with Gasteiger partial charge in [0.15, 0.2) is 0 Å². The highest BCUT2D eigenvalue weighted by atomic mass is 35.5. The Labute approximate surface area is 205 Å². The second kappa shape index (κ2) is 8.96. The standard InChI is InChI=1S/C21H19ClF3N7O2S/c1-9-12(7-27-31(9)3)11-6-14(21(23,24)25)29-20-16(11)17(18(35-20)19(26)34)30-15(33)4-5-32-10(2)13(22)8-28-32/h6-8H,4-5H2,1-3H3,(H2,26,34)(H,30,33). The molecule has 4 rings (SSSR count). The van der Waals surface area contributed by atoms with Crippen LogP contribution in [0.2, 0.25) is 5.02 Å². The minimum Gasteiger partial charge on any atom is -0.365 e. The van der Waals surface area contributed by atoms with E-state index in [2.05, 4.69) is 20.5 Å². The molecular formula is C21H19ClF3N7O2S. The summed E-state index contributed by atoms with van der Waals surface area (Å²) in [6.45, 7) is 3.64. The molecule has 184 valence electrons. The molecule has 35 heavy (non-hydrogen) atoms. The van der Waals surface area contributed by atoms with Gasteiger partial charge >= 0.3 is 6.18 Å². The second-order valence-electron chi connectivity index (χ2n) is 7.77. The molecule has 0 aliphatic heterocycles. The number of aryl methyl sites for hydroxylation is 2. The zero-order valence-corrected chi connectivity index (χ0v) is 20.3. The summed E-state index contributed by atoms with van der Waals surface area (Å²) in [7, 11) is 1.65. The fourth-order valence-electron chi connectivity index (χ4n) is 3.57. The van der Waals surface area contributed by atoms with Crippen LogP contribution < -0.4 is 11.1 Å². The minimum atomic E-state index is -4.73. The molecule has 14 heteroatoms. The number of carbonyl (C=O) groups excluding carboxylic acids is 2. The monoisotopic (exact) mass is 525 g/mol. The highest BCUT2D eigenvalue weighted by Gasteiger charge is 2.35. The Bertz CT molecular complexity index is 1470. The van der Waals surface area contributed by atoms with Crippen molar-refractivity contribution in [2.45, 2.75) is 33.0 Å². The summed E-state index contributed by atoms with van der Waals surface area (Å²) in [5, 5.41) is 11.5. The van der Waals surface area contributed by atoms with E-state index in [0.717, 1.165) is 6.07 Å². The molecule has 0 unspecified atom stereocenters. The van der Waals surface area contributed by atoms with Crippen molar-refractivity contribution in [3.8, 4) is 11.1 Å². The molecule has 0 saturated heterocycles.